The van der Waals surface area contributed by atoms with Gasteiger partial charge in [0.05, 0.1) is 0 Å². The first-order valence-corrected chi connectivity index (χ1v) is 5.38. The summed E-state index contributed by atoms with van der Waals surface area (Å²) in [5.41, 5.74) is -0.0263. The van der Waals surface area contributed by atoms with Crippen LogP contribution in [0.1, 0.15) is 5.56 Å². The van der Waals surface area contributed by atoms with Crippen LogP contribution in [0.25, 0.3) is 0 Å². The first kappa shape index (κ1) is 13.1. The Morgan fingerprint density at radius 3 is 2.47 bits per heavy atom. The Balaban J connectivity index is 2.48. The molecule has 0 aliphatic heterocycles. The lowest BCUT2D eigenvalue weighted by Crippen LogP contribution is -1.95. The van der Waals surface area contributed by atoms with Gasteiger partial charge in [0, 0.05) is 18.3 Å². The van der Waals surface area contributed by atoms with Gasteiger partial charge in [-0.1, -0.05) is 12.2 Å². The number of nitrogens with zero attached hydrogens (tertiary/aromatic N) is 1. The van der Waals surface area contributed by atoms with Crippen LogP contribution in [0.3, 0.4) is 0 Å². The lowest BCUT2D eigenvalue weighted by molar-refractivity contribution is 0.420. The number of hydrogen-bond donors (Lipinski definition) is 1. The van der Waals surface area contributed by atoms with Gasteiger partial charge < -0.3 is 9.72 Å². The van der Waals surface area contributed by atoms with Gasteiger partial charge in [-0.15, -0.1) is 0 Å². The maximum atomic E-state index is 13.4. The molecule has 7 heteroatoms. The Morgan fingerprint density at radius 2 is 1.79 bits per heavy atom. The fourth-order valence-electron chi connectivity index (χ4n) is 1.35. The van der Waals surface area contributed by atoms with E-state index in [9.17, 15) is 13.2 Å². The molecule has 0 spiro atoms. The number of hydrogen-bond acceptors (Lipinski definition) is 3. The van der Waals surface area contributed by atoms with Crippen molar-refractivity contribution >= 4 is 12.2 Å². The third-order valence-corrected chi connectivity index (χ3v) is 2.55. The highest BCUT2D eigenvalue weighted by Gasteiger charge is 2.14. The van der Waals surface area contributed by atoms with Gasteiger partial charge in [0.25, 0.3) is 0 Å². The van der Waals surface area contributed by atoms with Crippen LogP contribution in [0, 0.1) is 33.4 Å². The topological polar surface area (TPSA) is 48.8 Å². The van der Waals surface area contributed by atoms with Crippen molar-refractivity contribution in [2.24, 2.45) is 0 Å². The molecule has 0 fully saturated rings. The zero-order chi connectivity index (χ0) is 14.0. The highest BCUT2D eigenvalue weighted by atomic mass is 32.1. The summed E-state index contributed by atoms with van der Waals surface area (Å²) in [5, 5.41) is 8.90. The maximum Gasteiger partial charge on any atom is 0.168 e. The number of pyridine rings is 1. The van der Waals surface area contributed by atoms with Crippen molar-refractivity contribution in [1.82, 2.24) is 4.98 Å². The molecule has 2 rings (SSSR count). The van der Waals surface area contributed by atoms with E-state index in [1.165, 1.54) is 12.3 Å². The van der Waals surface area contributed by atoms with Crippen LogP contribution in [-0.2, 0) is 0 Å². The number of benzene rings is 1. The molecule has 0 atom stereocenters. The average Bonchev–Trinajstić information content (AvgIpc) is 2.36. The Labute approximate surface area is 110 Å². The molecule has 1 aromatic heterocycles. The molecule has 2 aromatic rings. The average molecular weight is 282 g/mol. The van der Waals surface area contributed by atoms with Crippen molar-refractivity contribution in [2.75, 3.05) is 0 Å². The molecule has 0 saturated carbocycles. The smallest absolute Gasteiger partial charge is 0.168 e. The highest BCUT2D eigenvalue weighted by Crippen LogP contribution is 2.28. The Hall–Kier alpha value is -2.33. The van der Waals surface area contributed by atoms with Crippen LogP contribution >= 0.6 is 12.2 Å². The SMILES string of the molecule is N#Cc1c(Oc2cc(F)c(F)cc2F)cc[nH]c1=S. The third kappa shape index (κ3) is 2.58. The normalized spacial score (nSPS) is 10.0. The van der Waals surface area contributed by atoms with Gasteiger partial charge in [-0.2, -0.15) is 5.26 Å². The second kappa shape index (κ2) is 5.12. The van der Waals surface area contributed by atoms with Crippen molar-refractivity contribution in [3.05, 3.63) is 52.1 Å². The van der Waals surface area contributed by atoms with Crippen molar-refractivity contribution in [3.63, 3.8) is 0 Å². The molecule has 1 aromatic carbocycles. The first-order valence-electron chi connectivity index (χ1n) is 4.97. The van der Waals surface area contributed by atoms with Gasteiger partial charge in [0.1, 0.15) is 22.0 Å². The molecule has 0 aliphatic rings. The van der Waals surface area contributed by atoms with E-state index in [-0.39, 0.29) is 16.0 Å². The molecule has 0 amide bonds. The highest BCUT2D eigenvalue weighted by molar-refractivity contribution is 7.71. The van der Waals surface area contributed by atoms with Crippen molar-refractivity contribution in [2.45, 2.75) is 0 Å². The van der Waals surface area contributed by atoms with Crippen LogP contribution in [0.15, 0.2) is 24.4 Å². The fourth-order valence-corrected chi connectivity index (χ4v) is 1.57. The van der Waals surface area contributed by atoms with E-state index in [0.29, 0.717) is 12.1 Å². The molecule has 0 bridgehead atoms. The molecule has 3 nitrogen and oxygen atoms in total. The maximum absolute atomic E-state index is 13.4. The Kier molecular flexibility index (Phi) is 3.53. The number of aromatic nitrogens is 1. The minimum Gasteiger partial charge on any atom is -0.453 e. The second-order valence-electron chi connectivity index (χ2n) is 3.46. The number of ether oxygens (including phenoxy) is 1. The van der Waals surface area contributed by atoms with Gasteiger partial charge >= 0.3 is 0 Å². The molecule has 96 valence electrons. The van der Waals surface area contributed by atoms with E-state index in [1.807, 2.05) is 0 Å². The minimum absolute atomic E-state index is 0.0263. The van der Waals surface area contributed by atoms with Crippen LogP contribution in [0.5, 0.6) is 11.5 Å². The van der Waals surface area contributed by atoms with E-state index in [0.717, 1.165) is 0 Å². The number of H-pyrrole nitrogens is 1. The van der Waals surface area contributed by atoms with E-state index >= 15 is 0 Å². The fraction of sp³-hybridized carbons (Fsp3) is 0. The Bertz CT molecular complexity index is 737. The summed E-state index contributed by atoms with van der Waals surface area (Å²) in [4.78, 5) is 2.60. The molecular formula is C12H5F3N2OS. The zero-order valence-electron chi connectivity index (χ0n) is 9.21. The number of halogens is 3. The molecule has 0 radical (unpaired) electrons. The van der Waals surface area contributed by atoms with Crippen LogP contribution in [0.2, 0.25) is 0 Å². The van der Waals surface area contributed by atoms with Crippen LogP contribution < -0.4 is 4.74 Å². The number of nitriles is 1. The zero-order valence-corrected chi connectivity index (χ0v) is 10.0. The van der Waals surface area contributed by atoms with Crippen molar-refractivity contribution in [1.29, 1.82) is 5.26 Å². The monoisotopic (exact) mass is 282 g/mol. The summed E-state index contributed by atoms with van der Waals surface area (Å²) in [6.45, 7) is 0. The summed E-state index contributed by atoms with van der Waals surface area (Å²) >= 11 is 4.85. The van der Waals surface area contributed by atoms with Gasteiger partial charge in [-0.3, -0.25) is 0 Å². The lowest BCUT2D eigenvalue weighted by atomic mass is 10.2. The second-order valence-corrected chi connectivity index (χ2v) is 3.86. The van der Waals surface area contributed by atoms with E-state index in [1.54, 1.807) is 6.07 Å². The summed E-state index contributed by atoms with van der Waals surface area (Å²) in [6.07, 6.45) is 1.39. The molecule has 0 aliphatic carbocycles. The molecule has 19 heavy (non-hydrogen) atoms. The molecule has 0 unspecified atom stereocenters. The molecule has 1 N–H and O–H groups in total. The third-order valence-electron chi connectivity index (χ3n) is 2.23. The number of rotatable bonds is 2. The summed E-state index contributed by atoms with van der Waals surface area (Å²) in [5.74, 6) is -4.24. The van der Waals surface area contributed by atoms with E-state index < -0.39 is 23.2 Å². The van der Waals surface area contributed by atoms with Gasteiger partial charge in [0.15, 0.2) is 23.2 Å². The standard InChI is InChI=1S/C12H5F3N2OS/c13-7-3-9(15)11(4-8(7)14)18-10-1-2-17-12(19)6(10)5-16/h1-4H,(H,17,19). The molecular weight excluding hydrogens is 277 g/mol. The predicted octanol–water partition coefficient (Wildman–Crippen LogP) is 3.83. The first-order chi connectivity index (χ1) is 9.02. The summed E-state index contributed by atoms with van der Waals surface area (Å²) < 4.78 is 44.3. The minimum atomic E-state index is -1.32. The lowest BCUT2D eigenvalue weighted by Gasteiger charge is -2.08. The largest absolute Gasteiger partial charge is 0.453 e. The summed E-state index contributed by atoms with van der Waals surface area (Å²) in [7, 11) is 0. The molecule has 1 heterocycles. The van der Waals surface area contributed by atoms with Crippen molar-refractivity contribution in [3.8, 4) is 17.6 Å². The van der Waals surface area contributed by atoms with Gasteiger partial charge in [-0.25, -0.2) is 13.2 Å². The van der Waals surface area contributed by atoms with Crippen LogP contribution in [-0.4, -0.2) is 4.98 Å². The number of nitrogens with one attached hydrogen (secondary N) is 1. The quantitative estimate of drug-likeness (QED) is 0.672. The van der Waals surface area contributed by atoms with Gasteiger partial charge in [0.2, 0.25) is 0 Å². The predicted molar refractivity (Wildman–Crippen MR) is 62.7 cm³/mol. The molecule has 0 saturated heterocycles. The number of aromatic amines is 1. The van der Waals surface area contributed by atoms with Crippen LogP contribution in [0.4, 0.5) is 13.2 Å². The van der Waals surface area contributed by atoms with Gasteiger partial charge in [-0.05, 0) is 6.07 Å². The van der Waals surface area contributed by atoms with E-state index in [4.69, 9.17) is 22.2 Å². The Morgan fingerprint density at radius 1 is 1.11 bits per heavy atom. The van der Waals surface area contributed by atoms with E-state index in [2.05, 4.69) is 4.98 Å². The van der Waals surface area contributed by atoms with Crippen molar-refractivity contribution < 1.29 is 17.9 Å². The summed E-state index contributed by atoms with van der Waals surface area (Å²) in [6, 6.07) is 4.03.